The van der Waals surface area contributed by atoms with E-state index in [1.807, 2.05) is 44.2 Å². The molecule has 0 saturated heterocycles. The van der Waals surface area contributed by atoms with Crippen LogP contribution in [0.5, 0.6) is 11.5 Å². The van der Waals surface area contributed by atoms with Crippen LogP contribution in [0.2, 0.25) is 0 Å². The molecule has 0 spiro atoms. The van der Waals surface area contributed by atoms with E-state index in [1.54, 1.807) is 25.3 Å². The molecule has 1 aromatic heterocycles. The summed E-state index contributed by atoms with van der Waals surface area (Å²) in [5.41, 5.74) is 1.43. The average Bonchev–Trinajstić information content (AvgIpc) is 3.08. The van der Waals surface area contributed by atoms with Crippen LogP contribution >= 0.6 is 11.3 Å². The van der Waals surface area contributed by atoms with Crippen molar-refractivity contribution in [2.45, 2.75) is 20.0 Å². The standard InChI is InChI=1S/C21H19N3O3S/c1-13(2)27-17-9-8-14(11-18(17)26-3)10-15(12-22)20(25)24-21-23-16-6-4-5-7-19(16)28-21/h4-11,13H,1-3H3,(H,23,24,25)/b15-10+. The van der Waals surface area contributed by atoms with Gasteiger partial charge in [-0.05, 0) is 49.8 Å². The predicted octanol–water partition coefficient (Wildman–Crippen LogP) is 4.64. The van der Waals surface area contributed by atoms with Crippen molar-refractivity contribution in [2.75, 3.05) is 12.4 Å². The number of anilines is 1. The molecule has 0 saturated carbocycles. The Morgan fingerprint density at radius 2 is 2.04 bits per heavy atom. The van der Waals surface area contributed by atoms with Crippen LogP contribution in [0.4, 0.5) is 5.13 Å². The molecule has 0 fully saturated rings. The number of ether oxygens (including phenoxy) is 2. The van der Waals surface area contributed by atoms with Crippen LogP contribution in [-0.4, -0.2) is 24.1 Å². The van der Waals surface area contributed by atoms with Crippen molar-refractivity contribution in [1.29, 1.82) is 5.26 Å². The molecule has 0 aliphatic rings. The molecule has 1 N–H and O–H groups in total. The fourth-order valence-electron chi connectivity index (χ4n) is 2.53. The highest BCUT2D eigenvalue weighted by Crippen LogP contribution is 2.30. The third-order valence-corrected chi connectivity index (χ3v) is 4.69. The lowest BCUT2D eigenvalue weighted by Crippen LogP contribution is -2.13. The van der Waals surface area contributed by atoms with Gasteiger partial charge in [-0.25, -0.2) is 4.98 Å². The van der Waals surface area contributed by atoms with Gasteiger partial charge >= 0.3 is 0 Å². The Morgan fingerprint density at radius 1 is 1.25 bits per heavy atom. The largest absolute Gasteiger partial charge is 0.493 e. The Labute approximate surface area is 167 Å². The topological polar surface area (TPSA) is 84.2 Å². The Balaban J connectivity index is 1.82. The van der Waals surface area contributed by atoms with Crippen LogP contribution in [0, 0.1) is 11.3 Å². The van der Waals surface area contributed by atoms with Gasteiger partial charge in [-0.15, -0.1) is 0 Å². The summed E-state index contributed by atoms with van der Waals surface area (Å²) in [4.78, 5) is 16.9. The lowest BCUT2D eigenvalue weighted by atomic mass is 10.1. The lowest BCUT2D eigenvalue weighted by molar-refractivity contribution is -0.112. The zero-order valence-electron chi connectivity index (χ0n) is 15.7. The molecule has 1 heterocycles. The number of carbonyl (C=O) groups is 1. The summed E-state index contributed by atoms with van der Waals surface area (Å²) in [6, 6.07) is 14.8. The van der Waals surface area contributed by atoms with E-state index in [-0.39, 0.29) is 11.7 Å². The third-order valence-electron chi connectivity index (χ3n) is 3.74. The Bertz CT molecular complexity index is 1050. The number of aromatic nitrogens is 1. The first kappa shape index (κ1) is 19.4. The molecule has 1 amide bonds. The zero-order valence-corrected chi connectivity index (χ0v) is 16.5. The highest BCUT2D eigenvalue weighted by molar-refractivity contribution is 7.22. The first-order valence-electron chi connectivity index (χ1n) is 8.63. The highest BCUT2D eigenvalue weighted by atomic mass is 32.1. The molecule has 0 aliphatic carbocycles. The molecule has 0 unspecified atom stereocenters. The predicted molar refractivity (Wildman–Crippen MR) is 111 cm³/mol. The second-order valence-electron chi connectivity index (χ2n) is 6.19. The van der Waals surface area contributed by atoms with E-state index < -0.39 is 5.91 Å². The molecule has 6 nitrogen and oxygen atoms in total. The second-order valence-corrected chi connectivity index (χ2v) is 7.22. The minimum atomic E-state index is -0.511. The minimum Gasteiger partial charge on any atom is -0.493 e. The molecule has 3 aromatic rings. The summed E-state index contributed by atoms with van der Waals surface area (Å²) >= 11 is 1.36. The molecule has 3 rings (SSSR count). The van der Waals surface area contributed by atoms with Crippen molar-refractivity contribution in [2.24, 2.45) is 0 Å². The van der Waals surface area contributed by atoms with Gasteiger partial charge in [0.1, 0.15) is 11.6 Å². The van der Waals surface area contributed by atoms with Gasteiger partial charge in [0.2, 0.25) is 0 Å². The number of rotatable bonds is 6. The van der Waals surface area contributed by atoms with Crippen molar-refractivity contribution in [1.82, 2.24) is 4.98 Å². The summed E-state index contributed by atoms with van der Waals surface area (Å²) in [6.45, 7) is 3.85. The molecule has 7 heteroatoms. The number of benzene rings is 2. The van der Waals surface area contributed by atoms with Gasteiger partial charge in [0.15, 0.2) is 16.6 Å². The van der Waals surface area contributed by atoms with Crippen molar-refractivity contribution >= 4 is 38.7 Å². The van der Waals surface area contributed by atoms with Gasteiger partial charge in [-0.1, -0.05) is 29.5 Å². The van der Waals surface area contributed by atoms with Gasteiger partial charge < -0.3 is 9.47 Å². The fraction of sp³-hybridized carbons (Fsp3) is 0.190. The normalized spacial score (nSPS) is 11.3. The number of para-hydroxylation sites is 1. The number of nitrogens with one attached hydrogen (secondary N) is 1. The van der Waals surface area contributed by atoms with Crippen LogP contribution in [0.3, 0.4) is 0 Å². The maximum Gasteiger partial charge on any atom is 0.268 e. The Hall–Kier alpha value is -3.37. The van der Waals surface area contributed by atoms with Crippen LogP contribution in [0.1, 0.15) is 19.4 Å². The number of carbonyl (C=O) groups excluding carboxylic acids is 1. The van der Waals surface area contributed by atoms with Crippen molar-refractivity contribution in [3.05, 3.63) is 53.6 Å². The number of hydrogen-bond donors (Lipinski definition) is 1. The van der Waals surface area contributed by atoms with Gasteiger partial charge in [0, 0.05) is 0 Å². The highest BCUT2D eigenvalue weighted by Gasteiger charge is 2.13. The van der Waals surface area contributed by atoms with Crippen LogP contribution in [0.15, 0.2) is 48.0 Å². The summed E-state index contributed by atoms with van der Waals surface area (Å²) in [5.74, 6) is 0.626. The molecular weight excluding hydrogens is 374 g/mol. The quantitative estimate of drug-likeness (QED) is 0.487. The number of amides is 1. The number of nitriles is 1. The molecule has 28 heavy (non-hydrogen) atoms. The number of methoxy groups -OCH3 is 1. The molecule has 0 aliphatic heterocycles. The summed E-state index contributed by atoms with van der Waals surface area (Å²) < 4.78 is 12.0. The molecule has 2 aromatic carbocycles. The van der Waals surface area contributed by atoms with Crippen LogP contribution in [-0.2, 0) is 4.79 Å². The minimum absolute atomic E-state index is 0.00421. The fourth-order valence-corrected chi connectivity index (χ4v) is 3.39. The van der Waals surface area contributed by atoms with Crippen molar-refractivity contribution in [3.63, 3.8) is 0 Å². The number of nitrogens with zero attached hydrogens (tertiary/aromatic N) is 2. The summed E-state index contributed by atoms with van der Waals surface area (Å²) in [6.07, 6.45) is 1.51. The number of thiazole rings is 1. The van der Waals surface area contributed by atoms with Crippen molar-refractivity contribution < 1.29 is 14.3 Å². The molecule has 0 atom stereocenters. The maximum absolute atomic E-state index is 12.5. The lowest BCUT2D eigenvalue weighted by Gasteiger charge is -2.13. The van der Waals surface area contributed by atoms with E-state index in [9.17, 15) is 10.1 Å². The van der Waals surface area contributed by atoms with Crippen LogP contribution in [0.25, 0.3) is 16.3 Å². The monoisotopic (exact) mass is 393 g/mol. The maximum atomic E-state index is 12.5. The number of hydrogen-bond acceptors (Lipinski definition) is 6. The molecule has 142 valence electrons. The van der Waals surface area contributed by atoms with E-state index in [0.717, 1.165) is 10.2 Å². The van der Waals surface area contributed by atoms with E-state index >= 15 is 0 Å². The Morgan fingerprint density at radius 3 is 2.71 bits per heavy atom. The van der Waals surface area contributed by atoms with E-state index in [4.69, 9.17) is 9.47 Å². The van der Waals surface area contributed by atoms with E-state index in [0.29, 0.717) is 22.2 Å². The van der Waals surface area contributed by atoms with Gasteiger partial charge in [0.25, 0.3) is 5.91 Å². The SMILES string of the molecule is COc1cc(/C=C(\C#N)C(=O)Nc2nc3ccccc3s2)ccc1OC(C)C. The van der Waals surface area contributed by atoms with E-state index in [2.05, 4.69) is 10.3 Å². The van der Waals surface area contributed by atoms with Crippen molar-refractivity contribution in [3.8, 4) is 17.6 Å². The summed E-state index contributed by atoms with van der Waals surface area (Å²) in [5, 5.41) is 12.6. The zero-order chi connectivity index (χ0) is 20.1. The average molecular weight is 393 g/mol. The first-order chi connectivity index (χ1) is 13.5. The molecule has 0 radical (unpaired) electrons. The summed E-state index contributed by atoms with van der Waals surface area (Å²) in [7, 11) is 1.54. The van der Waals surface area contributed by atoms with E-state index in [1.165, 1.54) is 17.4 Å². The smallest absolute Gasteiger partial charge is 0.268 e. The second kappa shape index (κ2) is 8.55. The number of fused-ring (bicyclic) bond motifs is 1. The molecule has 0 bridgehead atoms. The Kier molecular flexibility index (Phi) is 5.92. The van der Waals surface area contributed by atoms with Gasteiger partial charge in [0.05, 0.1) is 23.4 Å². The van der Waals surface area contributed by atoms with Gasteiger partial charge in [-0.2, -0.15) is 5.26 Å². The molecular formula is C21H19N3O3S. The van der Waals surface area contributed by atoms with Gasteiger partial charge in [-0.3, -0.25) is 10.1 Å². The third kappa shape index (κ3) is 4.48. The first-order valence-corrected chi connectivity index (χ1v) is 9.45. The van der Waals surface area contributed by atoms with Crippen LogP contribution < -0.4 is 14.8 Å².